The molecule has 0 N–H and O–H groups in total. The molecular formula is C11H13BrO3. The Morgan fingerprint density at radius 2 is 2.00 bits per heavy atom. The van der Waals surface area contributed by atoms with Crippen LogP contribution < -0.4 is 9.47 Å². The maximum Gasteiger partial charge on any atom is 0.147 e. The molecule has 82 valence electrons. The van der Waals surface area contributed by atoms with Crippen molar-refractivity contribution in [3.63, 3.8) is 0 Å². The first kappa shape index (κ1) is 12.0. The van der Waals surface area contributed by atoms with Crippen LogP contribution in [0, 0.1) is 0 Å². The number of benzene rings is 1. The first-order valence-electron chi connectivity index (χ1n) is 4.46. The number of ether oxygens (including phenoxy) is 2. The Balaban J connectivity index is 3.16. The molecule has 1 unspecified atom stereocenters. The molecule has 1 aromatic rings. The molecule has 0 spiro atoms. The van der Waals surface area contributed by atoms with Crippen LogP contribution in [0.5, 0.6) is 11.5 Å². The number of halogens is 1. The maximum absolute atomic E-state index is 11.3. The van der Waals surface area contributed by atoms with Gasteiger partial charge in [-0.15, -0.1) is 0 Å². The highest BCUT2D eigenvalue weighted by Crippen LogP contribution is 2.34. The first-order valence-corrected chi connectivity index (χ1v) is 5.38. The highest BCUT2D eigenvalue weighted by atomic mass is 79.9. The van der Waals surface area contributed by atoms with Crippen LogP contribution in [0.25, 0.3) is 0 Å². The summed E-state index contributed by atoms with van der Waals surface area (Å²) in [5.74, 6) is 1.41. The van der Waals surface area contributed by atoms with Crippen molar-refractivity contribution in [1.82, 2.24) is 0 Å². The zero-order chi connectivity index (χ0) is 11.4. The van der Waals surface area contributed by atoms with E-state index in [0.717, 1.165) is 5.56 Å². The van der Waals surface area contributed by atoms with Gasteiger partial charge in [0, 0.05) is 5.56 Å². The van der Waals surface area contributed by atoms with Gasteiger partial charge in [-0.05, 0) is 25.1 Å². The van der Waals surface area contributed by atoms with Crippen LogP contribution in [0.1, 0.15) is 17.3 Å². The lowest BCUT2D eigenvalue weighted by molar-refractivity contribution is -0.116. The van der Waals surface area contributed by atoms with Crippen LogP contribution >= 0.6 is 15.9 Å². The molecule has 0 heterocycles. The Morgan fingerprint density at radius 1 is 1.33 bits per heavy atom. The summed E-state index contributed by atoms with van der Waals surface area (Å²) in [5.41, 5.74) is 0.782. The maximum atomic E-state index is 11.3. The Kier molecular flexibility index (Phi) is 4.15. The van der Waals surface area contributed by atoms with E-state index >= 15 is 0 Å². The number of hydrogen-bond acceptors (Lipinski definition) is 3. The van der Waals surface area contributed by atoms with Gasteiger partial charge in [-0.25, -0.2) is 0 Å². The van der Waals surface area contributed by atoms with Crippen LogP contribution in [0.3, 0.4) is 0 Å². The molecule has 3 nitrogen and oxygen atoms in total. The molecule has 0 amide bonds. The Morgan fingerprint density at radius 3 is 2.47 bits per heavy atom. The monoisotopic (exact) mass is 272 g/mol. The second-order valence-corrected chi connectivity index (χ2v) is 4.00. The van der Waals surface area contributed by atoms with Crippen LogP contribution in [-0.4, -0.2) is 20.0 Å². The van der Waals surface area contributed by atoms with Crippen molar-refractivity contribution >= 4 is 21.7 Å². The van der Waals surface area contributed by atoms with Crippen molar-refractivity contribution in [1.29, 1.82) is 0 Å². The Hall–Kier alpha value is -1.03. The molecule has 0 aliphatic heterocycles. The molecule has 1 rings (SSSR count). The summed E-state index contributed by atoms with van der Waals surface area (Å²) in [4.78, 5) is 10.9. The van der Waals surface area contributed by atoms with Crippen molar-refractivity contribution < 1.29 is 14.3 Å². The fraction of sp³-hybridized carbons (Fsp3) is 0.364. The fourth-order valence-corrected chi connectivity index (χ4v) is 1.61. The molecule has 0 bridgehead atoms. The van der Waals surface area contributed by atoms with E-state index in [-0.39, 0.29) is 10.6 Å². The van der Waals surface area contributed by atoms with E-state index in [9.17, 15) is 4.79 Å². The quantitative estimate of drug-likeness (QED) is 0.791. The predicted molar refractivity (Wildman–Crippen MR) is 61.9 cm³/mol. The van der Waals surface area contributed by atoms with Crippen LogP contribution in [0.2, 0.25) is 0 Å². The predicted octanol–water partition coefficient (Wildman–Crippen LogP) is 2.73. The number of methoxy groups -OCH3 is 2. The summed E-state index contributed by atoms with van der Waals surface area (Å²) < 4.78 is 10.3. The van der Waals surface area contributed by atoms with Gasteiger partial charge in [-0.2, -0.15) is 0 Å². The molecule has 1 atom stereocenters. The summed E-state index contributed by atoms with van der Waals surface area (Å²) >= 11 is 3.32. The van der Waals surface area contributed by atoms with Crippen molar-refractivity contribution in [2.75, 3.05) is 14.2 Å². The fourth-order valence-electron chi connectivity index (χ4n) is 1.26. The molecule has 4 heteroatoms. The Bertz CT molecular complexity index is 363. The zero-order valence-corrected chi connectivity index (χ0v) is 10.5. The highest BCUT2D eigenvalue weighted by molar-refractivity contribution is 9.09. The molecule has 0 saturated heterocycles. The van der Waals surface area contributed by atoms with E-state index in [1.54, 1.807) is 32.4 Å². The summed E-state index contributed by atoms with van der Waals surface area (Å²) in [6.07, 6.45) is 0. The van der Waals surface area contributed by atoms with Gasteiger partial charge in [0.25, 0.3) is 0 Å². The number of ketones is 1. The molecule has 0 aromatic heterocycles. The van der Waals surface area contributed by atoms with Crippen molar-refractivity contribution in [3.8, 4) is 11.5 Å². The highest BCUT2D eigenvalue weighted by Gasteiger charge is 2.18. The number of Topliss-reactive ketones (excluding diaryl/α,β-unsaturated/α-hetero) is 1. The number of hydrogen-bond donors (Lipinski definition) is 0. The first-order chi connectivity index (χ1) is 7.10. The van der Waals surface area contributed by atoms with Gasteiger partial charge in [-0.1, -0.05) is 15.9 Å². The number of carbonyl (C=O) groups excluding carboxylic acids is 1. The standard InChI is InChI=1S/C11H13BrO3/c1-7(13)11(12)9-6-8(14-2)4-5-10(9)15-3/h4-6,11H,1-3H3. The van der Waals surface area contributed by atoms with Gasteiger partial charge in [0.05, 0.1) is 14.2 Å². The molecule has 0 saturated carbocycles. The van der Waals surface area contributed by atoms with Gasteiger partial charge in [0.15, 0.2) is 0 Å². The van der Waals surface area contributed by atoms with E-state index in [4.69, 9.17) is 9.47 Å². The van der Waals surface area contributed by atoms with Crippen molar-refractivity contribution in [3.05, 3.63) is 23.8 Å². The van der Waals surface area contributed by atoms with Crippen molar-refractivity contribution in [2.45, 2.75) is 11.8 Å². The molecular weight excluding hydrogens is 260 g/mol. The molecule has 0 aliphatic rings. The largest absolute Gasteiger partial charge is 0.497 e. The normalized spacial score (nSPS) is 12.0. The summed E-state index contributed by atoms with van der Waals surface area (Å²) in [5, 5.41) is 0. The summed E-state index contributed by atoms with van der Waals surface area (Å²) in [6.45, 7) is 1.53. The molecule has 0 radical (unpaired) electrons. The minimum atomic E-state index is -0.359. The number of rotatable bonds is 4. The second-order valence-electron chi connectivity index (χ2n) is 3.08. The second kappa shape index (κ2) is 5.16. The van der Waals surface area contributed by atoms with E-state index in [2.05, 4.69) is 15.9 Å². The molecule has 0 aliphatic carbocycles. The third kappa shape index (κ3) is 2.72. The minimum absolute atomic E-state index is 0.0292. The Labute approximate surface area is 97.5 Å². The van der Waals surface area contributed by atoms with Crippen LogP contribution in [0.15, 0.2) is 18.2 Å². The lowest BCUT2D eigenvalue weighted by atomic mass is 10.1. The lowest BCUT2D eigenvalue weighted by Gasteiger charge is -2.13. The molecule has 1 aromatic carbocycles. The summed E-state index contributed by atoms with van der Waals surface area (Å²) in [7, 11) is 3.16. The van der Waals surface area contributed by atoms with Crippen LogP contribution in [0.4, 0.5) is 0 Å². The number of carbonyl (C=O) groups is 1. The average Bonchev–Trinajstić information content (AvgIpc) is 2.27. The van der Waals surface area contributed by atoms with Crippen LogP contribution in [-0.2, 0) is 4.79 Å². The number of alkyl halides is 1. The average molecular weight is 273 g/mol. The topological polar surface area (TPSA) is 35.5 Å². The van der Waals surface area contributed by atoms with E-state index in [1.807, 2.05) is 0 Å². The smallest absolute Gasteiger partial charge is 0.147 e. The van der Waals surface area contributed by atoms with Gasteiger partial charge in [0.1, 0.15) is 22.1 Å². The third-order valence-corrected chi connectivity index (χ3v) is 3.20. The zero-order valence-electron chi connectivity index (χ0n) is 8.91. The van der Waals surface area contributed by atoms with E-state index < -0.39 is 0 Å². The molecule has 15 heavy (non-hydrogen) atoms. The van der Waals surface area contributed by atoms with Gasteiger partial charge < -0.3 is 9.47 Å². The van der Waals surface area contributed by atoms with E-state index in [0.29, 0.717) is 11.5 Å². The molecule has 0 fully saturated rings. The van der Waals surface area contributed by atoms with Crippen molar-refractivity contribution in [2.24, 2.45) is 0 Å². The SMILES string of the molecule is COc1ccc(OC)c(C(Br)C(C)=O)c1. The van der Waals surface area contributed by atoms with Gasteiger partial charge in [0.2, 0.25) is 0 Å². The lowest BCUT2D eigenvalue weighted by Crippen LogP contribution is -2.03. The van der Waals surface area contributed by atoms with E-state index in [1.165, 1.54) is 6.92 Å². The summed E-state index contributed by atoms with van der Waals surface area (Å²) in [6, 6.07) is 5.37. The van der Waals surface area contributed by atoms with Gasteiger partial charge in [-0.3, -0.25) is 4.79 Å². The minimum Gasteiger partial charge on any atom is -0.497 e. The third-order valence-electron chi connectivity index (χ3n) is 2.07. The van der Waals surface area contributed by atoms with Gasteiger partial charge >= 0.3 is 0 Å².